The van der Waals surface area contributed by atoms with Gasteiger partial charge in [0.2, 0.25) is 0 Å². The van der Waals surface area contributed by atoms with Crippen molar-refractivity contribution < 1.29 is 9.47 Å². The molecule has 0 bridgehead atoms. The van der Waals surface area contributed by atoms with Gasteiger partial charge in [-0.25, -0.2) is 4.68 Å². The Morgan fingerprint density at radius 2 is 2.21 bits per heavy atom. The molecule has 1 heterocycles. The maximum atomic E-state index is 5.61. The van der Waals surface area contributed by atoms with E-state index in [4.69, 9.17) is 21.1 Å². The minimum Gasteiger partial charge on any atom is -0.382 e. The predicted octanol–water partition coefficient (Wildman–Crippen LogP) is 0.0749. The molecule has 0 saturated heterocycles. The Bertz CT molecular complexity index is 256. The second-order valence-corrected chi connectivity index (χ2v) is 2.82. The second kappa shape index (κ2) is 6.69. The quantitative estimate of drug-likeness (QED) is 0.481. The van der Waals surface area contributed by atoms with Crippen LogP contribution < -0.4 is 0 Å². The van der Waals surface area contributed by atoms with Gasteiger partial charge in [-0.2, -0.15) is 0 Å². The molecule has 1 rings (SSSR count). The van der Waals surface area contributed by atoms with Crippen LogP contribution in [0.15, 0.2) is 0 Å². The molecule has 0 amide bonds. The highest BCUT2D eigenvalue weighted by molar-refractivity contribution is 6.16. The summed E-state index contributed by atoms with van der Waals surface area (Å²) in [5, 5.41) is 11.0. The van der Waals surface area contributed by atoms with E-state index in [9.17, 15) is 0 Å². The van der Waals surface area contributed by atoms with Gasteiger partial charge in [0, 0.05) is 7.11 Å². The van der Waals surface area contributed by atoms with Crippen LogP contribution in [0.25, 0.3) is 0 Å². The lowest BCUT2D eigenvalue weighted by molar-refractivity contribution is 0.0649. The van der Waals surface area contributed by atoms with E-state index in [-0.39, 0.29) is 0 Å². The van der Waals surface area contributed by atoms with Gasteiger partial charge in [-0.15, -0.1) is 16.7 Å². The van der Waals surface area contributed by atoms with Crippen molar-refractivity contribution in [3.8, 4) is 0 Å². The van der Waals surface area contributed by atoms with Crippen LogP contribution in [0.2, 0.25) is 0 Å². The van der Waals surface area contributed by atoms with Gasteiger partial charge in [0.25, 0.3) is 0 Å². The zero-order valence-electron chi connectivity index (χ0n) is 8.02. The third-order valence-corrected chi connectivity index (χ3v) is 1.84. The summed E-state index contributed by atoms with van der Waals surface area (Å²) in [6.07, 6.45) is 0. The van der Waals surface area contributed by atoms with Crippen molar-refractivity contribution in [3.63, 3.8) is 0 Å². The van der Waals surface area contributed by atoms with Crippen molar-refractivity contribution in [3.05, 3.63) is 5.82 Å². The minimum atomic E-state index is 0.311. The monoisotopic (exact) mass is 220 g/mol. The first kappa shape index (κ1) is 11.4. The number of hydrogen-bond acceptors (Lipinski definition) is 5. The van der Waals surface area contributed by atoms with E-state index in [0.717, 1.165) is 0 Å². The molecule has 0 aliphatic rings. The van der Waals surface area contributed by atoms with Gasteiger partial charge in [-0.3, -0.25) is 0 Å². The van der Waals surface area contributed by atoms with Crippen LogP contribution in [0.3, 0.4) is 0 Å². The van der Waals surface area contributed by atoms with E-state index in [0.29, 0.717) is 38.1 Å². The number of tetrazole rings is 1. The zero-order chi connectivity index (χ0) is 10.2. The SMILES string of the molecule is COCCOCCn1nnnc1CCl. The Kier molecular flexibility index (Phi) is 5.43. The molecule has 0 fully saturated rings. The molecule has 0 radical (unpaired) electrons. The number of halogens is 1. The third kappa shape index (κ3) is 3.57. The molecular formula is C7H13ClN4O2. The van der Waals surface area contributed by atoms with Gasteiger partial charge < -0.3 is 9.47 Å². The van der Waals surface area contributed by atoms with Crippen LogP contribution in [0.1, 0.15) is 5.82 Å². The topological polar surface area (TPSA) is 62.1 Å². The highest BCUT2D eigenvalue weighted by Crippen LogP contribution is 1.96. The molecule has 80 valence electrons. The summed E-state index contributed by atoms with van der Waals surface area (Å²) in [5.41, 5.74) is 0. The fraction of sp³-hybridized carbons (Fsp3) is 0.857. The molecule has 1 aromatic rings. The van der Waals surface area contributed by atoms with Crippen molar-refractivity contribution >= 4 is 11.6 Å². The number of aromatic nitrogens is 4. The molecule has 0 aromatic carbocycles. The number of ether oxygens (including phenoxy) is 2. The third-order valence-electron chi connectivity index (χ3n) is 1.60. The Morgan fingerprint density at radius 1 is 1.36 bits per heavy atom. The van der Waals surface area contributed by atoms with Gasteiger partial charge in [-0.1, -0.05) is 0 Å². The standard InChI is InChI=1S/C7H13ClN4O2/c1-13-4-5-14-3-2-12-7(6-8)9-10-11-12/h2-6H2,1H3. The number of rotatable bonds is 7. The summed E-state index contributed by atoms with van der Waals surface area (Å²) in [6.45, 7) is 2.34. The fourth-order valence-corrected chi connectivity index (χ4v) is 1.08. The molecule has 0 saturated carbocycles. The first-order valence-corrected chi connectivity index (χ1v) is 4.79. The summed E-state index contributed by atoms with van der Waals surface area (Å²) < 4.78 is 11.7. The van der Waals surface area contributed by atoms with Crippen LogP contribution in [0, 0.1) is 0 Å². The molecule has 6 nitrogen and oxygen atoms in total. The number of nitrogens with zero attached hydrogens (tertiary/aromatic N) is 4. The molecule has 7 heteroatoms. The van der Waals surface area contributed by atoms with E-state index in [1.54, 1.807) is 11.8 Å². The summed E-state index contributed by atoms with van der Waals surface area (Å²) in [5.74, 6) is 0.965. The fourth-order valence-electron chi connectivity index (χ4n) is 0.888. The molecule has 1 aromatic heterocycles. The first-order valence-electron chi connectivity index (χ1n) is 4.26. The van der Waals surface area contributed by atoms with Crippen LogP contribution in [-0.2, 0) is 21.9 Å². The van der Waals surface area contributed by atoms with Crippen molar-refractivity contribution in [2.75, 3.05) is 26.9 Å². The van der Waals surface area contributed by atoms with Crippen LogP contribution in [0.5, 0.6) is 0 Å². The lowest BCUT2D eigenvalue weighted by Crippen LogP contribution is -2.12. The van der Waals surface area contributed by atoms with Crippen LogP contribution >= 0.6 is 11.6 Å². The Morgan fingerprint density at radius 3 is 2.93 bits per heavy atom. The summed E-state index contributed by atoms with van der Waals surface area (Å²) >= 11 is 5.61. The minimum absolute atomic E-state index is 0.311. The molecule has 0 unspecified atom stereocenters. The number of hydrogen-bond donors (Lipinski definition) is 0. The van der Waals surface area contributed by atoms with E-state index < -0.39 is 0 Å². The van der Waals surface area contributed by atoms with Crippen LogP contribution in [-0.4, -0.2) is 47.1 Å². The van der Waals surface area contributed by atoms with Crippen molar-refractivity contribution in [1.29, 1.82) is 0 Å². The Balaban J connectivity index is 2.17. The molecule has 0 N–H and O–H groups in total. The zero-order valence-corrected chi connectivity index (χ0v) is 8.77. The molecule has 0 aliphatic carbocycles. The maximum absolute atomic E-state index is 5.61. The van der Waals surface area contributed by atoms with Gasteiger partial charge >= 0.3 is 0 Å². The predicted molar refractivity (Wildman–Crippen MR) is 50.1 cm³/mol. The molecule has 0 spiro atoms. The first-order chi connectivity index (χ1) is 6.88. The number of methoxy groups -OCH3 is 1. The largest absolute Gasteiger partial charge is 0.382 e. The van der Waals surface area contributed by atoms with Crippen molar-refractivity contribution in [2.45, 2.75) is 12.4 Å². The highest BCUT2D eigenvalue weighted by Gasteiger charge is 2.02. The number of alkyl halides is 1. The van der Waals surface area contributed by atoms with E-state index in [1.165, 1.54) is 0 Å². The Labute approximate surface area is 87.1 Å². The molecule has 14 heavy (non-hydrogen) atoms. The van der Waals surface area contributed by atoms with E-state index in [2.05, 4.69) is 15.5 Å². The maximum Gasteiger partial charge on any atom is 0.166 e. The average Bonchev–Trinajstić information content (AvgIpc) is 2.65. The molecule has 0 atom stereocenters. The van der Waals surface area contributed by atoms with Crippen LogP contribution in [0.4, 0.5) is 0 Å². The van der Waals surface area contributed by atoms with E-state index in [1.807, 2.05) is 0 Å². The molecule has 0 aliphatic heterocycles. The summed E-state index contributed by atoms with van der Waals surface area (Å²) in [6, 6.07) is 0. The highest BCUT2D eigenvalue weighted by atomic mass is 35.5. The van der Waals surface area contributed by atoms with E-state index >= 15 is 0 Å². The lowest BCUT2D eigenvalue weighted by atomic mass is 10.6. The van der Waals surface area contributed by atoms with Crippen molar-refractivity contribution in [1.82, 2.24) is 20.2 Å². The second-order valence-electron chi connectivity index (χ2n) is 2.56. The average molecular weight is 221 g/mol. The summed E-state index contributed by atoms with van der Waals surface area (Å²) in [4.78, 5) is 0. The normalized spacial score (nSPS) is 10.7. The molecular weight excluding hydrogens is 208 g/mol. The summed E-state index contributed by atoms with van der Waals surface area (Å²) in [7, 11) is 1.64. The van der Waals surface area contributed by atoms with Crippen molar-refractivity contribution in [2.24, 2.45) is 0 Å². The Hall–Kier alpha value is -0.720. The smallest absolute Gasteiger partial charge is 0.166 e. The van der Waals surface area contributed by atoms with Gasteiger partial charge in [0.1, 0.15) is 0 Å². The lowest BCUT2D eigenvalue weighted by Gasteiger charge is -2.03. The van der Waals surface area contributed by atoms with Gasteiger partial charge in [0.05, 0.1) is 32.2 Å². The van der Waals surface area contributed by atoms with Gasteiger partial charge in [-0.05, 0) is 10.4 Å². The van der Waals surface area contributed by atoms with Gasteiger partial charge in [0.15, 0.2) is 5.82 Å².